The Balaban J connectivity index is 2.39. The molecule has 0 bridgehead atoms. The molecule has 2 N–H and O–H groups in total. The average molecular weight is 212 g/mol. The Morgan fingerprint density at radius 2 is 1.80 bits per heavy atom. The van der Waals surface area contributed by atoms with E-state index in [-0.39, 0.29) is 0 Å². The standard InChI is InChI=1S/C13H28N2/c1-10(2)13(11(3)4)9-15-6-5-12(7-14)8-15/h10-13H,5-9,14H2,1-4H3. The number of nitrogens with zero attached hydrogens (tertiary/aromatic N) is 1. The summed E-state index contributed by atoms with van der Waals surface area (Å²) in [5.41, 5.74) is 5.72. The molecule has 1 fully saturated rings. The van der Waals surface area contributed by atoms with Crippen LogP contribution in [0.15, 0.2) is 0 Å². The van der Waals surface area contributed by atoms with E-state index in [4.69, 9.17) is 5.73 Å². The Morgan fingerprint density at radius 1 is 1.20 bits per heavy atom. The molecule has 1 saturated heterocycles. The second-order valence-corrected chi connectivity index (χ2v) is 5.80. The van der Waals surface area contributed by atoms with Crippen LogP contribution in [0.3, 0.4) is 0 Å². The minimum Gasteiger partial charge on any atom is -0.330 e. The first kappa shape index (κ1) is 13.0. The Morgan fingerprint density at radius 3 is 2.20 bits per heavy atom. The van der Waals surface area contributed by atoms with E-state index >= 15 is 0 Å². The third kappa shape index (κ3) is 3.76. The van der Waals surface area contributed by atoms with Crippen LogP contribution >= 0.6 is 0 Å². The van der Waals surface area contributed by atoms with Gasteiger partial charge in [0, 0.05) is 13.1 Å². The number of hydrogen-bond acceptors (Lipinski definition) is 2. The Bertz CT molecular complexity index is 169. The van der Waals surface area contributed by atoms with Gasteiger partial charge in [0.05, 0.1) is 0 Å². The maximum atomic E-state index is 5.72. The molecule has 1 aliphatic rings. The van der Waals surface area contributed by atoms with E-state index in [2.05, 4.69) is 32.6 Å². The molecule has 0 aromatic heterocycles. The smallest absolute Gasteiger partial charge is 0.00223 e. The molecule has 0 saturated carbocycles. The van der Waals surface area contributed by atoms with Gasteiger partial charge < -0.3 is 10.6 Å². The van der Waals surface area contributed by atoms with E-state index in [1.54, 1.807) is 0 Å². The van der Waals surface area contributed by atoms with Crippen molar-refractivity contribution in [3.63, 3.8) is 0 Å². The van der Waals surface area contributed by atoms with E-state index < -0.39 is 0 Å². The van der Waals surface area contributed by atoms with Crippen molar-refractivity contribution in [2.24, 2.45) is 29.4 Å². The Kier molecular flexibility index (Phi) is 5.07. The summed E-state index contributed by atoms with van der Waals surface area (Å²) in [4.78, 5) is 2.61. The van der Waals surface area contributed by atoms with E-state index in [9.17, 15) is 0 Å². The van der Waals surface area contributed by atoms with Crippen LogP contribution < -0.4 is 5.73 Å². The predicted octanol–water partition coefficient (Wildman–Crippen LogP) is 2.20. The van der Waals surface area contributed by atoms with Crippen LogP contribution in [0.2, 0.25) is 0 Å². The highest BCUT2D eigenvalue weighted by Crippen LogP contribution is 2.24. The first-order valence-corrected chi connectivity index (χ1v) is 6.47. The number of likely N-dealkylation sites (tertiary alicyclic amines) is 1. The summed E-state index contributed by atoms with van der Waals surface area (Å²) in [6, 6.07) is 0. The highest BCUT2D eigenvalue weighted by atomic mass is 15.1. The zero-order valence-corrected chi connectivity index (χ0v) is 10.9. The summed E-state index contributed by atoms with van der Waals surface area (Å²) < 4.78 is 0. The zero-order chi connectivity index (χ0) is 11.4. The second kappa shape index (κ2) is 5.86. The van der Waals surface area contributed by atoms with Gasteiger partial charge in [-0.2, -0.15) is 0 Å². The lowest BCUT2D eigenvalue weighted by molar-refractivity contribution is 0.186. The van der Waals surface area contributed by atoms with Crippen molar-refractivity contribution in [3.05, 3.63) is 0 Å². The highest BCUT2D eigenvalue weighted by molar-refractivity contribution is 4.79. The van der Waals surface area contributed by atoms with Crippen LogP contribution in [0.1, 0.15) is 34.1 Å². The van der Waals surface area contributed by atoms with Gasteiger partial charge in [-0.3, -0.25) is 0 Å². The van der Waals surface area contributed by atoms with Gasteiger partial charge in [0.1, 0.15) is 0 Å². The molecule has 0 spiro atoms. The molecule has 1 heterocycles. The van der Waals surface area contributed by atoms with Crippen molar-refractivity contribution >= 4 is 0 Å². The summed E-state index contributed by atoms with van der Waals surface area (Å²) in [6.45, 7) is 14.0. The summed E-state index contributed by atoms with van der Waals surface area (Å²) in [5.74, 6) is 3.18. The first-order chi connectivity index (χ1) is 7.04. The lowest BCUT2D eigenvalue weighted by Crippen LogP contribution is -2.33. The van der Waals surface area contributed by atoms with Crippen LogP contribution in [-0.2, 0) is 0 Å². The van der Waals surface area contributed by atoms with Crippen molar-refractivity contribution in [1.82, 2.24) is 4.90 Å². The van der Waals surface area contributed by atoms with E-state index in [1.165, 1.54) is 26.1 Å². The normalized spacial score (nSPS) is 23.6. The lowest BCUT2D eigenvalue weighted by atomic mass is 9.85. The van der Waals surface area contributed by atoms with Gasteiger partial charge in [-0.15, -0.1) is 0 Å². The molecular formula is C13H28N2. The maximum absolute atomic E-state index is 5.72. The van der Waals surface area contributed by atoms with Crippen molar-refractivity contribution < 1.29 is 0 Å². The minimum atomic E-state index is 0.755. The fourth-order valence-electron chi connectivity index (χ4n) is 2.76. The van der Waals surface area contributed by atoms with Crippen molar-refractivity contribution in [1.29, 1.82) is 0 Å². The van der Waals surface area contributed by atoms with Gasteiger partial charge >= 0.3 is 0 Å². The van der Waals surface area contributed by atoms with E-state index in [0.717, 1.165) is 30.2 Å². The third-order valence-electron chi connectivity index (χ3n) is 3.88. The van der Waals surface area contributed by atoms with Gasteiger partial charge in [-0.05, 0) is 43.2 Å². The number of rotatable bonds is 5. The molecule has 0 aliphatic carbocycles. The molecule has 15 heavy (non-hydrogen) atoms. The molecule has 1 rings (SSSR count). The third-order valence-corrected chi connectivity index (χ3v) is 3.88. The Hall–Kier alpha value is -0.0800. The van der Waals surface area contributed by atoms with Gasteiger partial charge in [0.2, 0.25) is 0 Å². The Labute approximate surface area is 95.2 Å². The van der Waals surface area contributed by atoms with Crippen LogP contribution in [0.4, 0.5) is 0 Å². The molecule has 90 valence electrons. The number of hydrogen-bond donors (Lipinski definition) is 1. The molecular weight excluding hydrogens is 184 g/mol. The van der Waals surface area contributed by atoms with Gasteiger partial charge in [0.25, 0.3) is 0 Å². The van der Waals surface area contributed by atoms with Crippen LogP contribution in [-0.4, -0.2) is 31.1 Å². The van der Waals surface area contributed by atoms with Gasteiger partial charge in [0.15, 0.2) is 0 Å². The molecule has 1 unspecified atom stereocenters. The second-order valence-electron chi connectivity index (χ2n) is 5.80. The molecule has 0 aromatic carbocycles. The summed E-state index contributed by atoms with van der Waals surface area (Å²) in [6.07, 6.45) is 1.30. The fourth-order valence-corrected chi connectivity index (χ4v) is 2.76. The van der Waals surface area contributed by atoms with Crippen LogP contribution in [0, 0.1) is 23.7 Å². The molecule has 1 aliphatic heterocycles. The topological polar surface area (TPSA) is 29.3 Å². The molecule has 2 nitrogen and oxygen atoms in total. The van der Waals surface area contributed by atoms with Crippen LogP contribution in [0.25, 0.3) is 0 Å². The predicted molar refractivity (Wildman–Crippen MR) is 66.8 cm³/mol. The SMILES string of the molecule is CC(C)C(CN1CCC(CN)C1)C(C)C. The molecule has 1 atom stereocenters. The van der Waals surface area contributed by atoms with Crippen molar-refractivity contribution in [3.8, 4) is 0 Å². The quantitative estimate of drug-likeness (QED) is 0.757. The highest BCUT2D eigenvalue weighted by Gasteiger charge is 2.26. The molecule has 2 heteroatoms. The van der Waals surface area contributed by atoms with Crippen molar-refractivity contribution in [2.45, 2.75) is 34.1 Å². The lowest BCUT2D eigenvalue weighted by Gasteiger charge is -2.29. The number of nitrogens with two attached hydrogens (primary N) is 1. The van der Waals surface area contributed by atoms with Crippen LogP contribution in [0.5, 0.6) is 0 Å². The van der Waals surface area contributed by atoms with E-state index in [0.29, 0.717) is 0 Å². The van der Waals surface area contributed by atoms with Gasteiger partial charge in [-0.25, -0.2) is 0 Å². The average Bonchev–Trinajstić information content (AvgIpc) is 2.60. The molecule has 0 radical (unpaired) electrons. The fraction of sp³-hybridized carbons (Fsp3) is 1.00. The monoisotopic (exact) mass is 212 g/mol. The van der Waals surface area contributed by atoms with E-state index in [1.807, 2.05) is 0 Å². The first-order valence-electron chi connectivity index (χ1n) is 6.47. The summed E-state index contributed by atoms with van der Waals surface area (Å²) >= 11 is 0. The maximum Gasteiger partial charge on any atom is 0.00223 e. The summed E-state index contributed by atoms with van der Waals surface area (Å²) in [7, 11) is 0. The summed E-state index contributed by atoms with van der Waals surface area (Å²) in [5, 5.41) is 0. The zero-order valence-electron chi connectivity index (χ0n) is 10.9. The van der Waals surface area contributed by atoms with Crippen molar-refractivity contribution in [2.75, 3.05) is 26.2 Å². The molecule has 0 amide bonds. The minimum absolute atomic E-state index is 0.755. The largest absolute Gasteiger partial charge is 0.330 e. The van der Waals surface area contributed by atoms with Gasteiger partial charge in [-0.1, -0.05) is 27.7 Å². The molecule has 0 aromatic rings.